The molecule has 0 aromatic rings. The Morgan fingerprint density at radius 2 is 1.72 bits per heavy atom. The summed E-state index contributed by atoms with van der Waals surface area (Å²) in [6.45, 7) is 13.7. The Kier molecular flexibility index (Phi) is 6.87. The Morgan fingerprint density at radius 1 is 1.00 bits per heavy atom. The summed E-state index contributed by atoms with van der Waals surface area (Å²) in [5, 5.41) is 0. The van der Waals surface area contributed by atoms with Crippen molar-refractivity contribution in [2.24, 2.45) is 52.3 Å². The maximum atomic E-state index is 13.0. The zero-order valence-corrected chi connectivity index (χ0v) is 21.6. The first-order chi connectivity index (χ1) is 15.1. The van der Waals surface area contributed by atoms with E-state index in [4.69, 9.17) is 4.74 Å². The van der Waals surface area contributed by atoms with Crippen molar-refractivity contribution in [2.75, 3.05) is 0 Å². The number of ketones is 1. The Labute approximate surface area is 196 Å². The van der Waals surface area contributed by atoms with E-state index in [1.807, 2.05) is 0 Å². The lowest BCUT2D eigenvalue weighted by Crippen LogP contribution is -2.56. The van der Waals surface area contributed by atoms with E-state index in [0.29, 0.717) is 23.7 Å². The minimum atomic E-state index is -0.487. The molecule has 32 heavy (non-hydrogen) atoms. The van der Waals surface area contributed by atoms with Gasteiger partial charge in [0.1, 0.15) is 0 Å². The molecule has 0 heterocycles. The van der Waals surface area contributed by atoms with Crippen molar-refractivity contribution in [1.29, 1.82) is 0 Å². The molecule has 4 rings (SSSR count). The van der Waals surface area contributed by atoms with Crippen LogP contribution in [0.4, 0.5) is 0 Å². The van der Waals surface area contributed by atoms with Crippen molar-refractivity contribution in [1.82, 2.24) is 0 Å². The monoisotopic (exact) mass is 444 g/mol. The number of fused-ring (bicyclic) bond motifs is 5. The first-order valence-corrected chi connectivity index (χ1v) is 13.8. The van der Waals surface area contributed by atoms with E-state index in [1.165, 1.54) is 64.7 Å². The van der Waals surface area contributed by atoms with Crippen molar-refractivity contribution in [3.8, 4) is 0 Å². The third kappa shape index (κ3) is 4.20. The average Bonchev–Trinajstić information content (AvgIpc) is 3.05. The Bertz CT molecular complexity index is 713. The van der Waals surface area contributed by atoms with Crippen LogP contribution < -0.4 is 0 Å². The van der Waals surface area contributed by atoms with Gasteiger partial charge < -0.3 is 4.74 Å². The van der Waals surface area contributed by atoms with Crippen molar-refractivity contribution in [3.05, 3.63) is 0 Å². The molecule has 0 amide bonds. The summed E-state index contributed by atoms with van der Waals surface area (Å²) in [7, 11) is 0. The van der Waals surface area contributed by atoms with Gasteiger partial charge in [0.25, 0.3) is 0 Å². The summed E-state index contributed by atoms with van der Waals surface area (Å²) in [5.74, 6) is 5.25. The van der Waals surface area contributed by atoms with Gasteiger partial charge in [-0.25, -0.2) is 0 Å². The largest absolute Gasteiger partial charge is 0.455 e. The molecule has 3 heteroatoms. The molecule has 0 N–H and O–H groups in total. The molecule has 0 spiro atoms. The van der Waals surface area contributed by atoms with E-state index in [2.05, 4.69) is 34.6 Å². The van der Waals surface area contributed by atoms with Crippen LogP contribution in [0.25, 0.3) is 0 Å². The molecule has 0 saturated heterocycles. The van der Waals surface area contributed by atoms with Crippen LogP contribution in [0.5, 0.6) is 0 Å². The van der Waals surface area contributed by atoms with E-state index < -0.39 is 6.10 Å². The smallest absolute Gasteiger partial charge is 0.303 e. The molecular formula is C29H48O3. The number of carbonyl (C=O) groups excluding carboxylic acids is 2. The number of ether oxygens (including phenoxy) is 1. The molecule has 0 aromatic carbocycles. The first-order valence-electron chi connectivity index (χ1n) is 13.8. The van der Waals surface area contributed by atoms with Gasteiger partial charge >= 0.3 is 5.97 Å². The van der Waals surface area contributed by atoms with Crippen molar-refractivity contribution in [2.45, 2.75) is 118 Å². The topological polar surface area (TPSA) is 43.4 Å². The molecular weight excluding hydrogens is 396 g/mol. The molecule has 9 atom stereocenters. The molecule has 0 aromatic heterocycles. The minimum absolute atomic E-state index is 0.110. The highest BCUT2D eigenvalue weighted by atomic mass is 16.5. The van der Waals surface area contributed by atoms with Crippen LogP contribution in [0.15, 0.2) is 0 Å². The fourth-order valence-corrected chi connectivity index (χ4v) is 9.42. The van der Waals surface area contributed by atoms with Crippen LogP contribution in [0.3, 0.4) is 0 Å². The minimum Gasteiger partial charge on any atom is -0.455 e. The predicted octanol–water partition coefficient (Wildman–Crippen LogP) is 7.22. The molecule has 7 unspecified atom stereocenters. The number of carbonyl (C=O) groups is 2. The number of hydrogen-bond acceptors (Lipinski definition) is 3. The molecule has 182 valence electrons. The Morgan fingerprint density at radius 3 is 2.41 bits per heavy atom. The van der Waals surface area contributed by atoms with Crippen molar-refractivity contribution < 1.29 is 14.3 Å². The molecule has 0 bridgehead atoms. The van der Waals surface area contributed by atoms with Crippen LogP contribution in [0.2, 0.25) is 0 Å². The summed E-state index contributed by atoms with van der Waals surface area (Å²) in [5.41, 5.74) is 0.611. The maximum absolute atomic E-state index is 13.0. The zero-order valence-electron chi connectivity index (χ0n) is 21.6. The average molecular weight is 445 g/mol. The first kappa shape index (κ1) is 24.3. The fourth-order valence-electron chi connectivity index (χ4n) is 9.42. The van der Waals surface area contributed by atoms with Crippen LogP contribution >= 0.6 is 0 Å². The summed E-state index contributed by atoms with van der Waals surface area (Å²) >= 11 is 0. The van der Waals surface area contributed by atoms with E-state index in [9.17, 15) is 9.59 Å². The second-order valence-electron chi connectivity index (χ2n) is 13.2. The highest BCUT2D eigenvalue weighted by molar-refractivity contribution is 5.86. The molecule has 4 saturated carbocycles. The Hall–Kier alpha value is -0.860. The Balaban J connectivity index is 1.46. The van der Waals surface area contributed by atoms with E-state index >= 15 is 0 Å². The van der Waals surface area contributed by atoms with Gasteiger partial charge in [-0.2, -0.15) is 0 Å². The van der Waals surface area contributed by atoms with E-state index in [-0.39, 0.29) is 17.2 Å². The quantitative estimate of drug-likeness (QED) is 0.406. The van der Waals surface area contributed by atoms with Gasteiger partial charge in [0.15, 0.2) is 11.9 Å². The molecule has 0 radical (unpaired) electrons. The lowest BCUT2D eigenvalue weighted by atomic mass is 9.44. The molecule has 4 fully saturated rings. The van der Waals surface area contributed by atoms with Crippen LogP contribution in [0.1, 0.15) is 112 Å². The third-order valence-electron chi connectivity index (χ3n) is 11.0. The zero-order chi connectivity index (χ0) is 23.3. The SMILES string of the molecule is CC(=O)OC1C[C@@H]2CCC3C4CCC([C@H](C)CCCC(C)C)C4(C)CCC3C2(C)CC1=O. The molecule has 3 nitrogen and oxygen atoms in total. The van der Waals surface area contributed by atoms with Crippen LogP contribution in [0, 0.1) is 52.3 Å². The highest BCUT2D eigenvalue weighted by Crippen LogP contribution is 2.68. The normalized spacial score (nSPS) is 44.5. The number of rotatable bonds is 6. The summed E-state index contributed by atoms with van der Waals surface area (Å²) in [6.07, 6.45) is 13.0. The summed E-state index contributed by atoms with van der Waals surface area (Å²) < 4.78 is 5.42. The van der Waals surface area contributed by atoms with Gasteiger partial charge in [0.2, 0.25) is 0 Å². The van der Waals surface area contributed by atoms with Crippen LogP contribution in [-0.4, -0.2) is 17.9 Å². The number of Topliss-reactive ketones (excluding diaryl/α,β-unsaturated/α-hetero) is 1. The molecule has 0 aliphatic heterocycles. The van der Waals surface area contributed by atoms with E-state index in [0.717, 1.165) is 36.0 Å². The second kappa shape index (κ2) is 9.06. The van der Waals surface area contributed by atoms with Gasteiger partial charge in [0.05, 0.1) is 0 Å². The van der Waals surface area contributed by atoms with E-state index in [1.54, 1.807) is 0 Å². The van der Waals surface area contributed by atoms with Gasteiger partial charge in [-0.1, -0.05) is 53.9 Å². The van der Waals surface area contributed by atoms with Crippen LogP contribution in [-0.2, 0) is 14.3 Å². The van der Waals surface area contributed by atoms with Gasteiger partial charge in [-0.05, 0) is 97.2 Å². The summed E-state index contributed by atoms with van der Waals surface area (Å²) in [6, 6.07) is 0. The predicted molar refractivity (Wildman–Crippen MR) is 129 cm³/mol. The van der Waals surface area contributed by atoms with Crippen molar-refractivity contribution in [3.63, 3.8) is 0 Å². The highest BCUT2D eigenvalue weighted by Gasteiger charge is 2.61. The number of hydrogen-bond donors (Lipinski definition) is 0. The van der Waals surface area contributed by atoms with Gasteiger partial charge in [0, 0.05) is 13.3 Å². The van der Waals surface area contributed by atoms with Gasteiger partial charge in [-0.15, -0.1) is 0 Å². The third-order valence-corrected chi connectivity index (χ3v) is 11.0. The standard InChI is InChI=1S/C29H48O3/c1-18(2)8-7-9-19(3)23-12-13-24-22-11-10-21-16-27(32-20(4)30)26(31)17-29(21,6)25(22)14-15-28(23,24)5/h18-19,21-25,27H,7-17H2,1-6H3/t19-,21+,22?,23?,24?,25?,27?,28?,29?/m1/s1. The maximum Gasteiger partial charge on any atom is 0.303 e. The lowest BCUT2D eigenvalue weighted by molar-refractivity contribution is -0.170. The number of esters is 1. The second-order valence-corrected chi connectivity index (χ2v) is 13.2. The fraction of sp³-hybridized carbons (Fsp3) is 0.931. The molecule has 4 aliphatic carbocycles. The van der Waals surface area contributed by atoms with Gasteiger partial charge in [-0.3, -0.25) is 9.59 Å². The molecule has 4 aliphatic rings. The van der Waals surface area contributed by atoms with Crippen molar-refractivity contribution >= 4 is 11.8 Å². The summed E-state index contributed by atoms with van der Waals surface area (Å²) in [4.78, 5) is 24.5. The lowest BCUT2D eigenvalue weighted by Gasteiger charge is -2.61.